The normalized spacial score (nSPS) is 20.4. The van der Waals surface area contributed by atoms with Gasteiger partial charge in [0.25, 0.3) is 0 Å². The molecule has 0 bridgehead atoms. The van der Waals surface area contributed by atoms with Crippen molar-refractivity contribution in [3.63, 3.8) is 0 Å². The maximum absolute atomic E-state index is 10.8. The van der Waals surface area contributed by atoms with Gasteiger partial charge in [-0.1, -0.05) is 0 Å². The van der Waals surface area contributed by atoms with Gasteiger partial charge in [-0.15, -0.1) is 0 Å². The molecule has 1 aliphatic heterocycles. The molecule has 6 heteroatoms. The van der Waals surface area contributed by atoms with Crippen molar-refractivity contribution in [1.82, 2.24) is 0 Å². The van der Waals surface area contributed by atoms with Crippen molar-refractivity contribution in [1.29, 1.82) is 0 Å². The van der Waals surface area contributed by atoms with Gasteiger partial charge in [0, 0.05) is 13.5 Å². The van der Waals surface area contributed by atoms with Gasteiger partial charge in [-0.2, -0.15) is 0 Å². The molecule has 1 fully saturated rings. The molecule has 1 rings (SSSR count). The van der Waals surface area contributed by atoms with E-state index < -0.39 is 18.0 Å². The maximum atomic E-state index is 10.8. The zero-order chi connectivity index (χ0) is 8.97. The summed E-state index contributed by atoms with van der Waals surface area (Å²) >= 11 is 0. The van der Waals surface area contributed by atoms with Crippen LogP contribution in [0, 0.1) is 0 Å². The summed E-state index contributed by atoms with van der Waals surface area (Å²) in [6.07, 6.45) is -0.290. The minimum absolute atomic E-state index is 0. The molecule has 1 unspecified atom stereocenters. The van der Waals surface area contributed by atoms with E-state index in [1.807, 2.05) is 0 Å². The maximum Gasteiger partial charge on any atom is 0.347 e. The van der Waals surface area contributed by atoms with Gasteiger partial charge < -0.3 is 19.7 Å². The Morgan fingerprint density at radius 1 is 1.69 bits per heavy atom. The lowest BCUT2D eigenvalue weighted by Crippen LogP contribution is -2.24. The van der Waals surface area contributed by atoms with Gasteiger partial charge in [0.2, 0.25) is 6.10 Å². The van der Waals surface area contributed by atoms with Crippen LogP contribution in [0.25, 0.3) is 0 Å². The van der Waals surface area contributed by atoms with E-state index in [1.54, 1.807) is 0 Å². The van der Waals surface area contributed by atoms with Crippen molar-refractivity contribution in [2.75, 3.05) is 20.3 Å². The quantitative estimate of drug-likeness (QED) is 0.516. The fourth-order valence-electron chi connectivity index (χ4n) is 0.895. The summed E-state index contributed by atoms with van der Waals surface area (Å²) < 4.78 is 13.8. The third-order valence-corrected chi connectivity index (χ3v) is 1.42. The van der Waals surface area contributed by atoms with Crippen LogP contribution in [0.1, 0.15) is 6.42 Å². The number of carbonyl (C=O) groups is 2. The fourth-order valence-corrected chi connectivity index (χ4v) is 0.895. The summed E-state index contributed by atoms with van der Waals surface area (Å²) in [6.45, 7) is 0.188. The standard InChI is InChI=1S/C7H10O5.H2O/c1-10-4-6(8)12-5-2-3-11-7(5)9;/h5H,2-4H2,1H3;1H2. The van der Waals surface area contributed by atoms with E-state index in [9.17, 15) is 9.59 Å². The lowest BCUT2D eigenvalue weighted by Gasteiger charge is -2.06. The topological polar surface area (TPSA) is 93.3 Å². The van der Waals surface area contributed by atoms with Crippen molar-refractivity contribution >= 4 is 11.9 Å². The Bertz CT molecular complexity index is 189. The second-order valence-corrected chi connectivity index (χ2v) is 2.37. The Kier molecular flexibility index (Phi) is 5.01. The Morgan fingerprint density at radius 2 is 2.38 bits per heavy atom. The molecule has 0 aromatic carbocycles. The number of ether oxygens (including phenoxy) is 3. The van der Waals surface area contributed by atoms with E-state index in [2.05, 4.69) is 9.47 Å². The molecule has 13 heavy (non-hydrogen) atoms. The summed E-state index contributed by atoms with van der Waals surface area (Å²) in [4.78, 5) is 21.6. The lowest BCUT2D eigenvalue weighted by atomic mass is 10.3. The van der Waals surface area contributed by atoms with Crippen LogP contribution in [0.5, 0.6) is 0 Å². The second-order valence-electron chi connectivity index (χ2n) is 2.37. The van der Waals surface area contributed by atoms with Crippen molar-refractivity contribution < 1.29 is 29.3 Å². The highest BCUT2D eigenvalue weighted by Gasteiger charge is 2.29. The molecular formula is C7H12O6. The Labute approximate surface area is 75.1 Å². The van der Waals surface area contributed by atoms with Crippen LogP contribution in [-0.4, -0.2) is 43.8 Å². The molecule has 2 N–H and O–H groups in total. The molecule has 1 saturated heterocycles. The molecule has 0 aromatic rings. The highest BCUT2D eigenvalue weighted by atomic mass is 16.6. The van der Waals surface area contributed by atoms with Crippen LogP contribution in [0.2, 0.25) is 0 Å². The van der Waals surface area contributed by atoms with Crippen LogP contribution < -0.4 is 0 Å². The van der Waals surface area contributed by atoms with Gasteiger partial charge in [0.05, 0.1) is 6.61 Å². The van der Waals surface area contributed by atoms with E-state index in [0.29, 0.717) is 13.0 Å². The van der Waals surface area contributed by atoms with Crippen LogP contribution in [-0.2, 0) is 23.8 Å². The molecule has 0 aromatic heterocycles. The van der Waals surface area contributed by atoms with Gasteiger partial charge in [-0.3, -0.25) is 0 Å². The first kappa shape index (κ1) is 11.9. The number of rotatable bonds is 3. The number of esters is 2. The van der Waals surface area contributed by atoms with Crippen LogP contribution in [0.4, 0.5) is 0 Å². The van der Waals surface area contributed by atoms with Crippen molar-refractivity contribution in [3.05, 3.63) is 0 Å². The van der Waals surface area contributed by atoms with Gasteiger partial charge >= 0.3 is 11.9 Å². The van der Waals surface area contributed by atoms with Gasteiger partial charge in [-0.25, -0.2) is 9.59 Å². The largest absolute Gasteiger partial charge is 0.463 e. The summed E-state index contributed by atoms with van der Waals surface area (Å²) in [5.74, 6) is -1.01. The smallest absolute Gasteiger partial charge is 0.347 e. The van der Waals surface area contributed by atoms with E-state index >= 15 is 0 Å². The first-order chi connectivity index (χ1) is 5.74. The predicted octanol–water partition coefficient (Wildman–Crippen LogP) is -1.33. The molecule has 0 amide bonds. The Morgan fingerprint density at radius 3 is 2.85 bits per heavy atom. The molecular weight excluding hydrogens is 180 g/mol. The minimum Gasteiger partial charge on any atom is -0.463 e. The Hall–Kier alpha value is -1.14. The monoisotopic (exact) mass is 192 g/mol. The molecule has 0 saturated carbocycles. The zero-order valence-electron chi connectivity index (χ0n) is 7.24. The molecule has 0 radical (unpaired) electrons. The van der Waals surface area contributed by atoms with Gasteiger partial charge in [0.1, 0.15) is 6.61 Å². The number of hydrogen-bond acceptors (Lipinski definition) is 5. The second kappa shape index (κ2) is 5.50. The SMILES string of the molecule is COCC(=O)OC1CCOC1=O.O. The molecule has 6 nitrogen and oxygen atoms in total. The molecule has 76 valence electrons. The molecule has 1 heterocycles. The highest BCUT2D eigenvalue weighted by Crippen LogP contribution is 2.09. The van der Waals surface area contributed by atoms with E-state index in [-0.39, 0.29) is 12.1 Å². The van der Waals surface area contributed by atoms with Gasteiger partial charge in [-0.05, 0) is 0 Å². The minimum atomic E-state index is -0.729. The average molecular weight is 192 g/mol. The molecule has 0 spiro atoms. The summed E-state index contributed by atoms with van der Waals surface area (Å²) in [7, 11) is 1.38. The lowest BCUT2D eigenvalue weighted by molar-refractivity contribution is -0.162. The van der Waals surface area contributed by atoms with E-state index in [1.165, 1.54) is 7.11 Å². The van der Waals surface area contributed by atoms with E-state index in [4.69, 9.17) is 4.74 Å². The van der Waals surface area contributed by atoms with Crippen molar-refractivity contribution in [3.8, 4) is 0 Å². The fraction of sp³-hybridized carbons (Fsp3) is 0.714. The number of hydrogen-bond donors (Lipinski definition) is 0. The van der Waals surface area contributed by atoms with Crippen LogP contribution in [0.3, 0.4) is 0 Å². The van der Waals surface area contributed by atoms with E-state index in [0.717, 1.165) is 0 Å². The van der Waals surface area contributed by atoms with Crippen molar-refractivity contribution in [2.24, 2.45) is 0 Å². The highest BCUT2D eigenvalue weighted by molar-refractivity contribution is 5.80. The van der Waals surface area contributed by atoms with Crippen molar-refractivity contribution in [2.45, 2.75) is 12.5 Å². The van der Waals surface area contributed by atoms with Crippen LogP contribution in [0.15, 0.2) is 0 Å². The summed E-state index contributed by atoms with van der Waals surface area (Å²) in [5, 5.41) is 0. The Balaban J connectivity index is 0.00000144. The molecule has 1 atom stereocenters. The molecule has 1 aliphatic rings. The zero-order valence-corrected chi connectivity index (χ0v) is 7.24. The first-order valence-electron chi connectivity index (χ1n) is 3.59. The number of cyclic esters (lactones) is 1. The molecule has 0 aliphatic carbocycles. The summed E-state index contributed by atoms with van der Waals surface area (Å²) in [6, 6.07) is 0. The average Bonchev–Trinajstić information content (AvgIpc) is 2.37. The van der Waals surface area contributed by atoms with Crippen LogP contribution >= 0.6 is 0 Å². The number of carbonyl (C=O) groups excluding carboxylic acids is 2. The third-order valence-electron chi connectivity index (χ3n) is 1.42. The summed E-state index contributed by atoms with van der Waals surface area (Å²) in [5.41, 5.74) is 0. The third kappa shape index (κ3) is 3.39. The predicted molar refractivity (Wildman–Crippen MR) is 40.9 cm³/mol. The van der Waals surface area contributed by atoms with Gasteiger partial charge in [0.15, 0.2) is 0 Å². The number of methoxy groups -OCH3 is 1. The first-order valence-corrected chi connectivity index (χ1v) is 3.59.